The summed E-state index contributed by atoms with van der Waals surface area (Å²) in [7, 11) is 0. The van der Waals surface area contributed by atoms with Gasteiger partial charge in [-0.15, -0.1) is 0 Å². The van der Waals surface area contributed by atoms with Crippen molar-refractivity contribution in [3.63, 3.8) is 0 Å². The molecule has 1 rings (SSSR count). The molecule has 4 heteroatoms. The van der Waals surface area contributed by atoms with Crippen molar-refractivity contribution in [3.05, 3.63) is 0 Å². The Labute approximate surface area is 122 Å². The van der Waals surface area contributed by atoms with Gasteiger partial charge in [0.15, 0.2) is 0 Å². The Morgan fingerprint density at radius 3 is 2.05 bits per heavy atom. The summed E-state index contributed by atoms with van der Waals surface area (Å²) in [6.45, 7) is 11.3. The highest BCUT2D eigenvalue weighted by Gasteiger charge is 2.41. The van der Waals surface area contributed by atoms with E-state index in [1.54, 1.807) is 0 Å². The molecular formula is C16H29NO3. The van der Waals surface area contributed by atoms with E-state index >= 15 is 0 Å². The van der Waals surface area contributed by atoms with Gasteiger partial charge in [0.05, 0.1) is 11.8 Å². The molecule has 116 valence electrons. The lowest BCUT2D eigenvalue weighted by molar-refractivity contribution is -0.146. The average molecular weight is 283 g/mol. The minimum Gasteiger partial charge on any atom is -0.481 e. The van der Waals surface area contributed by atoms with Crippen molar-refractivity contribution in [2.24, 2.45) is 35.5 Å². The Morgan fingerprint density at radius 2 is 1.60 bits per heavy atom. The van der Waals surface area contributed by atoms with E-state index in [0.717, 1.165) is 0 Å². The number of nitrogens with one attached hydrogen (secondary N) is 1. The van der Waals surface area contributed by atoms with Gasteiger partial charge in [-0.1, -0.05) is 34.6 Å². The predicted octanol–water partition coefficient (Wildman–Crippen LogP) is 2.78. The molecule has 0 aliphatic heterocycles. The normalized spacial score (nSPS) is 26.5. The molecule has 0 radical (unpaired) electrons. The molecule has 0 saturated heterocycles. The second kappa shape index (κ2) is 7.09. The topological polar surface area (TPSA) is 66.4 Å². The molecule has 1 unspecified atom stereocenters. The first-order chi connectivity index (χ1) is 9.23. The Morgan fingerprint density at radius 1 is 1.10 bits per heavy atom. The average Bonchev–Trinajstić information content (AvgIpc) is 2.70. The Bertz CT molecular complexity index is 344. The molecule has 1 aliphatic rings. The molecule has 3 atom stereocenters. The van der Waals surface area contributed by atoms with Crippen molar-refractivity contribution in [1.82, 2.24) is 5.32 Å². The van der Waals surface area contributed by atoms with Crippen molar-refractivity contribution in [1.29, 1.82) is 0 Å². The van der Waals surface area contributed by atoms with Crippen LogP contribution in [0.15, 0.2) is 0 Å². The second-order valence-electron chi connectivity index (χ2n) is 7.02. The first kappa shape index (κ1) is 17.0. The van der Waals surface area contributed by atoms with Crippen LogP contribution in [0, 0.1) is 35.5 Å². The van der Waals surface area contributed by atoms with E-state index in [4.69, 9.17) is 0 Å². The highest BCUT2D eigenvalue weighted by atomic mass is 16.4. The molecule has 1 saturated carbocycles. The van der Waals surface area contributed by atoms with Gasteiger partial charge in [0, 0.05) is 6.54 Å². The molecule has 1 aliphatic carbocycles. The number of carbonyl (C=O) groups excluding carboxylic acids is 1. The van der Waals surface area contributed by atoms with Crippen LogP contribution in [0.3, 0.4) is 0 Å². The van der Waals surface area contributed by atoms with Crippen molar-refractivity contribution in [2.75, 3.05) is 6.54 Å². The van der Waals surface area contributed by atoms with Gasteiger partial charge in [-0.05, 0) is 36.5 Å². The predicted molar refractivity (Wildman–Crippen MR) is 79.2 cm³/mol. The summed E-state index contributed by atoms with van der Waals surface area (Å²) in [5.74, 6) is -0.0177. The maximum absolute atomic E-state index is 12.3. The third-order valence-electron chi connectivity index (χ3n) is 4.68. The molecule has 0 spiro atoms. The maximum Gasteiger partial charge on any atom is 0.307 e. The van der Waals surface area contributed by atoms with Crippen LogP contribution in [0.25, 0.3) is 0 Å². The van der Waals surface area contributed by atoms with E-state index in [2.05, 4.69) is 33.0 Å². The third kappa shape index (κ3) is 4.22. The maximum atomic E-state index is 12.3. The number of rotatable bonds is 6. The highest BCUT2D eigenvalue weighted by molar-refractivity contribution is 5.85. The van der Waals surface area contributed by atoms with Crippen molar-refractivity contribution >= 4 is 11.9 Å². The van der Waals surface area contributed by atoms with Gasteiger partial charge < -0.3 is 10.4 Å². The van der Waals surface area contributed by atoms with E-state index in [1.807, 2.05) is 6.92 Å². The number of carbonyl (C=O) groups is 2. The molecule has 4 nitrogen and oxygen atoms in total. The number of carboxylic acids is 1. The van der Waals surface area contributed by atoms with Crippen LogP contribution in [0.1, 0.15) is 47.5 Å². The largest absolute Gasteiger partial charge is 0.481 e. The van der Waals surface area contributed by atoms with Gasteiger partial charge in [-0.2, -0.15) is 0 Å². The second-order valence-corrected chi connectivity index (χ2v) is 7.02. The molecule has 0 bridgehead atoms. The number of carboxylic acid groups (broad SMARTS) is 1. The van der Waals surface area contributed by atoms with Gasteiger partial charge in [0.2, 0.25) is 5.91 Å². The number of aliphatic carboxylic acids is 1. The summed E-state index contributed by atoms with van der Waals surface area (Å²) in [4.78, 5) is 23.5. The van der Waals surface area contributed by atoms with Crippen LogP contribution in [-0.4, -0.2) is 23.5 Å². The van der Waals surface area contributed by atoms with Crippen LogP contribution in [0.5, 0.6) is 0 Å². The van der Waals surface area contributed by atoms with E-state index in [0.29, 0.717) is 43.1 Å². The molecule has 1 amide bonds. The van der Waals surface area contributed by atoms with Crippen LogP contribution < -0.4 is 5.32 Å². The fourth-order valence-corrected chi connectivity index (χ4v) is 3.45. The zero-order valence-electron chi connectivity index (χ0n) is 13.3. The van der Waals surface area contributed by atoms with Crippen molar-refractivity contribution < 1.29 is 14.7 Å². The number of hydrogen-bond donors (Lipinski definition) is 2. The van der Waals surface area contributed by atoms with E-state index in [9.17, 15) is 14.7 Å². The van der Waals surface area contributed by atoms with Crippen molar-refractivity contribution in [3.8, 4) is 0 Å². The molecule has 1 fully saturated rings. The molecule has 0 aromatic rings. The zero-order chi connectivity index (χ0) is 15.4. The van der Waals surface area contributed by atoms with E-state index in [-0.39, 0.29) is 11.8 Å². The Hall–Kier alpha value is -1.06. The first-order valence-electron chi connectivity index (χ1n) is 7.74. The number of amides is 1. The molecule has 0 aromatic heterocycles. The van der Waals surface area contributed by atoms with Gasteiger partial charge in [0.25, 0.3) is 0 Å². The summed E-state index contributed by atoms with van der Waals surface area (Å²) in [5, 5.41) is 12.2. The molecule has 0 aromatic carbocycles. The van der Waals surface area contributed by atoms with Gasteiger partial charge in [-0.25, -0.2) is 0 Å². The van der Waals surface area contributed by atoms with Gasteiger partial charge >= 0.3 is 5.97 Å². The van der Waals surface area contributed by atoms with Crippen LogP contribution in [0.4, 0.5) is 0 Å². The Kier molecular flexibility index (Phi) is 6.03. The first-order valence-corrected chi connectivity index (χ1v) is 7.74. The van der Waals surface area contributed by atoms with Gasteiger partial charge in [0.1, 0.15) is 0 Å². The zero-order valence-corrected chi connectivity index (χ0v) is 13.3. The van der Waals surface area contributed by atoms with Crippen LogP contribution >= 0.6 is 0 Å². The van der Waals surface area contributed by atoms with Crippen LogP contribution in [0.2, 0.25) is 0 Å². The number of hydrogen-bond acceptors (Lipinski definition) is 2. The molecule has 2 N–H and O–H groups in total. The molecular weight excluding hydrogens is 254 g/mol. The minimum atomic E-state index is -0.834. The summed E-state index contributed by atoms with van der Waals surface area (Å²) in [6, 6.07) is 0. The lowest BCUT2D eigenvalue weighted by atomic mass is 9.85. The van der Waals surface area contributed by atoms with E-state index in [1.165, 1.54) is 0 Å². The van der Waals surface area contributed by atoms with Crippen molar-refractivity contribution in [2.45, 2.75) is 47.5 Å². The summed E-state index contributed by atoms with van der Waals surface area (Å²) in [6.07, 6.45) is 1.31. The minimum absolute atomic E-state index is 0.0759. The monoisotopic (exact) mass is 283 g/mol. The van der Waals surface area contributed by atoms with Crippen LogP contribution in [-0.2, 0) is 9.59 Å². The SMILES string of the molecule is CC1C[C@H](C(=O)NCC(C(C)C)C(C)C)[C@H](C(=O)O)C1. The molecule has 20 heavy (non-hydrogen) atoms. The summed E-state index contributed by atoms with van der Waals surface area (Å²) < 4.78 is 0. The lowest BCUT2D eigenvalue weighted by Gasteiger charge is -2.26. The fourth-order valence-electron chi connectivity index (χ4n) is 3.45. The molecule has 0 heterocycles. The fraction of sp³-hybridized carbons (Fsp3) is 0.875. The quantitative estimate of drug-likeness (QED) is 0.787. The summed E-state index contributed by atoms with van der Waals surface area (Å²) in [5.41, 5.74) is 0. The lowest BCUT2D eigenvalue weighted by Crippen LogP contribution is -2.39. The van der Waals surface area contributed by atoms with Gasteiger partial charge in [-0.3, -0.25) is 9.59 Å². The highest BCUT2D eigenvalue weighted by Crippen LogP contribution is 2.36. The summed E-state index contributed by atoms with van der Waals surface area (Å²) >= 11 is 0. The van der Waals surface area contributed by atoms with E-state index < -0.39 is 11.9 Å². The standard InChI is InChI=1S/C16H29NO3/c1-9(2)14(10(3)4)8-17-15(18)12-6-11(5)7-13(12)16(19)20/h9-14H,6-8H2,1-5H3,(H,17,18)(H,19,20)/t11?,12-,13+/m0/s1. The third-order valence-corrected chi connectivity index (χ3v) is 4.68. The Balaban J connectivity index is 2.59. The smallest absolute Gasteiger partial charge is 0.307 e.